The van der Waals surface area contributed by atoms with Crippen LogP contribution in [-0.2, 0) is 75.9 Å². The summed E-state index contributed by atoms with van der Waals surface area (Å²) in [5, 5.41) is 26.3. The van der Waals surface area contributed by atoms with Gasteiger partial charge >= 0.3 is 28.1 Å². The number of rotatable bonds is 26. The number of nitrogens with one attached hydrogen (secondary N) is 1. The van der Waals surface area contributed by atoms with E-state index in [-0.39, 0.29) is 76.2 Å². The van der Waals surface area contributed by atoms with Gasteiger partial charge in [0.1, 0.15) is 40.6 Å². The van der Waals surface area contributed by atoms with Crippen LogP contribution in [0, 0.1) is 34.3 Å². The van der Waals surface area contributed by atoms with E-state index in [1.165, 1.54) is 60.1 Å². The van der Waals surface area contributed by atoms with Crippen LogP contribution in [0.3, 0.4) is 0 Å². The van der Waals surface area contributed by atoms with Gasteiger partial charge in [0.15, 0.2) is 5.71 Å². The van der Waals surface area contributed by atoms with Crippen LogP contribution in [0.25, 0.3) is 0 Å². The third kappa shape index (κ3) is 17.8. The SMILES string of the molecule is CCN1C(=CC=CC=CC2=[N+](CCCCCC(=O)NCC#Cc3cc([N+](=O)[O-])c([C@@H](OCc4cn([C@H]5C[C@@H](O)[C@@H](COP(O)(=S)OP(=O)(O)OP(=O)(O)O)O5)c(=O)nc4N)C(C)(C)C)cc3OC)c3ccc(S(=O)(=O)[O-])cc3C2(C)C)C(C)(C)c2cc(C)ccc21. The van der Waals surface area contributed by atoms with Crippen LogP contribution < -0.4 is 26.4 Å². The number of aromatic nitrogens is 2. The molecule has 1 amide bonds. The van der Waals surface area contributed by atoms with Crippen molar-refractivity contribution in [2.75, 3.05) is 44.0 Å². The number of carbonyl (C=O) groups excluding carboxylic acids is 1. The zero-order chi connectivity index (χ0) is 67.4. The second kappa shape index (κ2) is 28.6. The summed E-state index contributed by atoms with van der Waals surface area (Å²) < 4.78 is 93.1. The predicted molar refractivity (Wildman–Crippen MR) is 340 cm³/mol. The Morgan fingerprint density at radius 1 is 1.03 bits per heavy atom. The van der Waals surface area contributed by atoms with E-state index in [0.717, 1.165) is 22.5 Å². The number of hydrogen-bond acceptors (Lipinski definition) is 20. The van der Waals surface area contributed by atoms with Gasteiger partial charge in [-0.2, -0.15) is 13.9 Å². The van der Waals surface area contributed by atoms with Gasteiger partial charge in [0.05, 0.1) is 65.4 Å². The number of aliphatic hydroxyl groups is 1. The molecular weight excluding hydrogens is 1280 g/mol. The molecule has 0 bridgehead atoms. The Morgan fingerprint density at radius 2 is 1.75 bits per heavy atom. The Morgan fingerprint density at radius 3 is 2.40 bits per heavy atom. The van der Waals surface area contributed by atoms with Crippen LogP contribution >= 0.6 is 22.4 Å². The van der Waals surface area contributed by atoms with E-state index in [0.29, 0.717) is 31.4 Å². The number of unbranched alkanes of at least 4 members (excludes halogenated alkanes) is 2. The van der Waals surface area contributed by atoms with Gasteiger partial charge in [0.2, 0.25) is 11.6 Å². The average Bonchev–Trinajstić information content (AvgIpc) is 1.62. The molecule has 4 aromatic rings. The zero-order valence-electron chi connectivity index (χ0n) is 51.8. The molecule has 0 spiro atoms. The first-order valence-corrected chi connectivity index (χ1v) is 35.7. The summed E-state index contributed by atoms with van der Waals surface area (Å²) >= 11 is 4.63. The second-order valence-corrected chi connectivity index (χ2v) is 31.1. The van der Waals surface area contributed by atoms with Crippen molar-refractivity contribution in [3.63, 3.8) is 0 Å². The molecule has 32 heteroatoms. The fourth-order valence-electron chi connectivity index (χ4n) is 11.2. The Hall–Kier alpha value is -6.12. The number of likely N-dealkylation sites (N-methyl/N-ethyl adjacent to an activating group) is 1. The lowest BCUT2D eigenvalue weighted by atomic mass is 9.81. The minimum absolute atomic E-state index is 0.0936. The number of carbonyl (C=O) groups is 1. The number of ether oxygens (including phenoxy) is 3. The van der Waals surface area contributed by atoms with Gasteiger partial charge in [0, 0.05) is 78.1 Å². The van der Waals surface area contributed by atoms with Crippen LogP contribution in [0.4, 0.5) is 22.9 Å². The van der Waals surface area contributed by atoms with E-state index in [4.69, 9.17) is 34.3 Å². The Kier molecular flexibility index (Phi) is 22.7. The standard InChI is InChI=1S/C59H76N7O20P3S2/c1-11-63-44-25-23-37(2)29-42(44)58(6,7)50(63)20-14-12-15-21-51-59(8,9)43-31-40(91(78,79)80)24-26-45(43)64(51)28-17-13-16-22-52(68)61-27-18-19-38-30-46(66(70)71)41(32-48(38)81-10)54(57(3,4)5)82-35-39-34-65(56(69)62-55(39)60)53-33-47(67)49(84-53)36-83-89(77,90)86-88(75,76)85-87(72,73)74/h12,14-15,20-21,23-26,29-32,34,47,49,53-54,67H,11,13,16-17,22,27-28,33,35-36H2,1-10H3,(H7-,60,61,62,68,69,72,73,74,75,76,77,78,79,80,90)/t47-,49-,53-,54-,89?/m1/s1. The van der Waals surface area contributed by atoms with E-state index in [2.05, 4.69) is 104 Å². The minimum atomic E-state index is -5.63. The number of nitrogens with two attached hydrogens (primary N) is 1. The Bertz CT molecular complexity index is 4000. The maximum absolute atomic E-state index is 13.1. The lowest BCUT2D eigenvalue weighted by molar-refractivity contribution is -0.438. The van der Waals surface area contributed by atoms with Crippen molar-refractivity contribution >= 4 is 78.8 Å². The topological polar surface area (TPSA) is 387 Å². The molecule has 0 aliphatic carbocycles. The first kappa shape index (κ1) is 72.3. The minimum Gasteiger partial charge on any atom is -0.744 e. The van der Waals surface area contributed by atoms with E-state index < -0.39 is 85.1 Å². The smallest absolute Gasteiger partial charge is 0.488 e. The van der Waals surface area contributed by atoms with Crippen molar-refractivity contribution in [1.82, 2.24) is 14.9 Å². The summed E-state index contributed by atoms with van der Waals surface area (Å²) in [6.45, 7) is 13.3. The molecule has 91 heavy (non-hydrogen) atoms. The third-order valence-corrected chi connectivity index (χ3v) is 21.1. The van der Waals surface area contributed by atoms with Crippen molar-refractivity contribution in [2.24, 2.45) is 5.41 Å². The molecule has 3 aliphatic rings. The van der Waals surface area contributed by atoms with Crippen molar-refractivity contribution in [3.8, 4) is 17.6 Å². The molecular formula is C59H76N7O20P3S2. The van der Waals surface area contributed by atoms with E-state index in [9.17, 15) is 56.7 Å². The summed E-state index contributed by atoms with van der Waals surface area (Å²) in [6.07, 6.45) is 8.04. The van der Waals surface area contributed by atoms with E-state index in [1.807, 2.05) is 38.2 Å². The third-order valence-electron chi connectivity index (χ3n) is 15.5. The van der Waals surface area contributed by atoms with Crippen molar-refractivity contribution in [2.45, 2.75) is 141 Å². The van der Waals surface area contributed by atoms with E-state index in [1.54, 1.807) is 26.8 Å². The van der Waals surface area contributed by atoms with Crippen LogP contribution in [0.1, 0.15) is 133 Å². The number of nitrogen functional groups attached to an aromatic ring is 1. The predicted octanol–water partition coefficient (Wildman–Crippen LogP) is 8.29. The monoisotopic (exact) mass is 1360 g/mol. The van der Waals surface area contributed by atoms with Gasteiger partial charge < -0.3 is 63.9 Å². The summed E-state index contributed by atoms with van der Waals surface area (Å²) in [5.74, 6) is 5.34. The molecule has 494 valence electrons. The first-order valence-electron chi connectivity index (χ1n) is 28.7. The maximum Gasteiger partial charge on any atom is 0.488 e. The number of aryl methyl sites for hydroxylation is 1. The summed E-state index contributed by atoms with van der Waals surface area (Å²) in [7, 11) is -14.6. The van der Waals surface area contributed by atoms with Gasteiger partial charge in [-0.1, -0.05) is 82.4 Å². The van der Waals surface area contributed by atoms with Gasteiger partial charge in [-0.05, 0) is 93.7 Å². The number of nitrogens with zero attached hydrogens (tertiary/aromatic N) is 5. The lowest BCUT2D eigenvalue weighted by Crippen LogP contribution is -2.30. The number of methoxy groups -OCH3 is 1. The van der Waals surface area contributed by atoms with Crippen LogP contribution in [0.2, 0.25) is 0 Å². The maximum atomic E-state index is 13.1. The van der Waals surface area contributed by atoms with Gasteiger partial charge in [-0.15, -0.1) is 0 Å². The number of allylic oxidation sites excluding steroid dienone is 6. The molecule has 3 aliphatic heterocycles. The highest BCUT2D eigenvalue weighted by molar-refractivity contribution is 8.08. The molecule has 2 unspecified atom stereocenters. The largest absolute Gasteiger partial charge is 0.744 e. The Balaban J connectivity index is 0.973. The molecule has 0 saturated carbocycles. The number of amides is 1. The van der Waals surface area contributed by atoms with Crippen molar-refractivity contribution < 1.29 is 88.4 Å². The molecule has 6 atom stereocenters. The molecule has 0 radical (unpaired) electrons. The quantitative estimate of drug-likeness (QED) is 0.00454. The van der Waals surface area contributed by atoms with Crippen LogP contribution in [0.5, 0.6) is 5.75 Å². The van der Waals surface area contributed by atoms with Gasteiger partial charge in [-0.25, -0.2) is 26.7 Å². The average molecular weight is 1360 g/mol. The van der Waals surface area contributed by atoms with Crippen molar-refractivity contribution in [1.29, 1.82) is 0 Å². The number of nitro groups is 1. The molecule has 4 heterocycles. The molecule has 27 nitrogen and oxygen atoms in total. The second-order valence-electron chi connectivity index (χ2n) is 24.0. The summed E-state index contributed by atoms with van der Waals surface area (Å²) in [6, 6.07) is 13.7. The summed E-state index contributed by atoms with van der Waals surface area (Å²) in [4.78, 5) is 81.7. The molecule has 3 aromatic carbocycles. The first-order chi connectivity index (χ1) is 42.3. The van der Waals surface area contributed by atoms with Gasteiger partial charge in [-0.3, -0.25) is 19.5 Å². The number of anilines is 2. The van der Waals surface area contributed by atoms with Crippen LogP contribution in [-0.4, -0.2) is 114 Å². The number of nitro benzene ring substituents is 1. The van der Waals surface area contributed by atoms with Crippen molar-refractivity contribution in [3.05, 3.63) is 145 Å². The number of fused-ring (bicyclic) bond motifs is 2. The molecule has 7 rings (SSSR count). The number of hydrogen-bond donors (Lipinski definition) is 7. The van der Waals surface area contributed by atoms with E-state index >= 15 is 0 Å². The highest BCUT2D eigenvalue weighted by atomic mass is 32.5. The van der Waals surface area contributed by atoms with Crippen LogP contribution in [0.15, 0.2) is 100 Å². The fraction of sp³-hybridized carbons (Fsp3) is 0.458. The van der Waals surface area contributed by atoms with Gasteiger partial charge in [0.25, 0.3) is 5.69 Å². The molecule has 1 fully saturated rings. The number of benzene rings is 3. The summed E-state index contributed by atoms with van der Waals surface area (Å²) in [5.41, 5.74) is 10.8. The normalized spacial score (nSPS) is 20.1. The Labute approximate surface area is 532 Å². The molecule has 1 aromatic heterocycles. The highest BCUT2D eigenvalue weighted by Gasteiger charge is 2.46. The number of aliphatic hydroxyl groups excluding tert-OH is 1. The lowest BCUT2D eigenvalue weighted by Gasteiger charge is -2.31. The number of phosphoric acid groups is 2. The highest BCUT2D eigenvalue weighted by Crippen LogP contribution is 2.66. The molecule has 8 N–H and O–H groups in total. The molecule has 1 saturated heterocycles. The zero-order valence-corrected chi connectivity index (χ0v) is 56.1. The fourth-order valence-corrected chi connectivity index (χ4v) is 15.7.